The van der Waals surface area contributed by atoms with Gasteiger partial charge in [0, 0.05) is 48.8 Å². The second-order valence-electron chi connectivity index (χ2n) is 7.52. The van der Waals surface area contributed by atoms with E-state index in [1.807, 2.05) is 42.5 Å². The molecule has 0 fully saturated rings. The topological polar surface area (TPSA) is 114 Å². The molecule has 0 atom stereocenters. The van der Waals surface area contributed by atoms with Crippen LogP contribution in [-0.2, 0) is 31.4 Å². The molecule has 164 valence electrons. The molecule has 4 aromatic rings. The highest BCUT2D eigenvalue weighted by molar-refractivity contribution is 5.79. The fourth-order valence-corrected chi connectivity index (χ4v) is 3.49. The summed E-state index contributed by atoms with van der Waals surface area (Å²) >= 11 is 0. The second-order valence-corrected chi connectivity index (χ2v) is 7.52. The van der Waals surface area contributed by atoms with Crippen molar-refractivity contribution in [3.8, 4) is 0 Å². The Morgan fingerprint density at radius 3 is 2.75 bits per heavy atom. The number of nitrogens with one attached hydrogen (secondary N) is 3. The summed E-state index contributed by atoms with van der Waals surface area (Å²) in [6.07, 6.45) is 5.60. The third kappa shape index (κ3) is 4.77. The predicted octanol–water partition coefficient (Wildman–Crippen LogP) is 1.39. The standard InChI is InChI=1S/C23H24N6O3/c1-28-14-20(25-10-7-16-5-3-2-4-6-16)22(31)29(23(28)32)15-21(30)26-13-18-11-17-12-24-9-8-19(17)27-18/h2-6,8-9,11-12,14,25,27H,7,10,13,15H2,1H3,(H,26,30). The van der Waals surface area contributed by atoms with Gasteiger partial charge in [-0.05, 0) is 24.1 Å². The number of aryl methyl sites for hydroxylation is 1. The van der Waals surface area contributed by atoms with Gasteiger partial charge in [-0.15, -0.1) is 0 Å². The fourth-order valence-electron chi connectivity index (χ4n) is 3.49. The molecule has 0 aliphatic rings. The number of amides is 1. The number of anilines is 1. The highest BCUT2D eigenvalue weighted by Gasteiger charge is 2.13. The van der Waals surface area contributed by atoms with Crippen molar-refractivity contribution in [1.29, 1.82) is 0 Å². The van der Waals surface area contributed by atoms with Crippen molar-refractivity contribution in [3.63, 3.8) is 0 Å². The van der Waals surface area contributed by atoms with Crippen LogP contribution in [0.2, 0.25) is 0 Å². The van der Waals surface area contributed by atoms with E-state index in [0.717, 1.165) is 33.1 Å². The molecule has 0 radical (unpaired) electrons. The van der Waals surface area contributed by atoms with Crippen molar-refractivity contribution in [2.45, 2.75) is 19.5 Å². The molecule has 3 heterocycles. The van der Waals surface area contributed by atoms with Gasteiger partial charge in [0.25, 0.3) is 5.56 Å². The molecule has 9 nitrogen and oxygen atoms in total. The van der Waals surface area contributed by atoms with E-state index < -0.39 is 17.2 Å². The monoisotopic (exact) mass is 432 g/mol. The molecule has 4 rings (SSSR count). The number of aromatic amines is 1. The summed E-state index contributed by atoms with van der Waals surface area (Å²) in [7, 11) is 1.55. The summed E-state index contributed by atoms with van der Waals surface area (Å²) in [4.78, 5) is 45.0. The molecular weight excluding hydrogens is 408 g/mol. The van der Waals surface area contributed by atoms with Crippen LogP contribution in [0.15, 0.2) is 70.6 Å². The van der Waals surface area contributed by atoms with Crippen LogP contribution in [0.3, 0.4) is 0 Å². The molecule has 9 heteroatoms. The minimum atomic E-state index is -0.546. The SMILES string of the molecule is Cn1cc(NCCc2ccccc2)c(=O)n(CC(=O)NCc2cc3cnccc3[nH]2)c1=O. The molecule has 0 unspecified atom stereocenters. The van der Waals surface area contributed by atoms with E-state index in [4.69, 9.17) is 0 Å². The number of hydrogen-bond acceptors (Lipinski definition) is 5. The minimum Gasteiger partial charge on any atom is -0.379 e. The number of hydrogen-bond donors (Lipinski definition) is 3. The predicted molar refractivity (Wildman–Crippen MR) is 123 cm³/mol. The zero-order valence-electron chi connectivity index (χ0n) is 17.7. The van der Waals surface area contributed by atoms with Crippen LogP contribution in [0, 0.1) is 0 Å². The zero-order valence-corrected chi connectivity index (χ0v) is 17.7. The van der Waals surface area contributed by atoms with Gasteiger partial charge in [0.05, 0.1) is 6.54 Å². The van der Waals surface area contributed by atoms with E-state index in [0.29, 0.717) is 6.54 Å². The molecule has 32 heavy (non-hydrogen) atoms. The van der Waals surface area contributed by atoms with Crippen molar-refractivity contribution in [3.05, 3.63) is 93.2 Å². The minimum absolute atomic E-state index is 0.248. The Hall–Kier alpha value is -4.14. The molecule has 0 saturated heterocycles. The highest BCUT2D eigenvalue weighted by Crippen LogP contribution is 2.12. The third-order valence-corrected chi connectivity index (χ3v) is 5.16. The average molecular weight is 432 g/mol. The molecule has 0 saturated carbocycles. The van der Waals surface area contributed by atoms with Crippen LogP contribution in [0.25, 0.3) is 10.9 Å². The van der Waals surface area contributed by atoms with E-state index in [1.165, 1.54) is 10.8 Å². The molecule has 3 N–H and O–H groups in total. The number of aromatic nitrogens is 4. The third-order valence-electron chi connectivity index (χ3n) is 5.16. The van der Waals surface area contributed by atoms with Gasteiger partial charge in [-0.1, -0.05) is 30.3 Å². The summed E-state index contributed by atoms with van der Waals surface area (Å²) in [5.41, 5.74) is 2.07. The molecular formula is C23H24N6O3. The highest BCUT2D eigenvalue weighted by atomic mass is 16.2. The Morgan fingerprint density at radius 1 is 1.16 bits per heavy atom. The molecule has 1 amide bonds. The van der Waals surface area contributed by atoms with Crippen LogP contribution in [0.5, 0.6) is 0 Å². The number of rotatable bonds is 8. The van der Waals surface area contributed by atoms with Crippen LogP contribution in [-0.4, -0.2) is 31.6 Å². The summed E-state index contributed by atoms with van der Waals surface area (Å²) in [5.74, 6) is -0.428. The number of benzene rings is 1. The Labute approximate surface area is 183 Å². The lowest BCUT2D eigenvalue weighted by molar-refractivity contribution is -0.122. The van der Waals surface area contributed by atoms with Crippen LogP contribution in [0.1, 0.15) is 11.3 Å². The van der Waals surface area contributed by atoms with E-state index in [1.54, 1.807) is 19.4 Å². The summed E-state index contributed by atoms with van der Waals surface area (Å²) in [6.45, 7) is 0.415. The Kier molecular flexibility index (Phi) is 6.16. The second kappa shape index (κ2) is 9.34. The first-order valence-electron chi connectivity index (χ1n) is 10.3. The largest absolute Gasteiger partial charge is 0.379 e. The normalized spacial score (nSPS) is 10.9. The fraction of sp³-hybridized carbons (Fsp3) is 0.217. The lowest BCUT2D eigenvalue weighted by atomic mass is 10.1. The molecule has 1 aromatic carbocycles. The summed E-state index contributed by atoms with van der Waals surface area (Å²) in [6, 6.07) is 13.6. The first-order valence-corrected chi connectivity index (χ1v) is 10.3. The van der Waals surface area contributed by atoms with Gasteiger partial charge in [0.1, 0.15) is 12.2 Å². The number of nitrogens with zero attached hydrogens (tertiary/aromatic N) is 3. The number of carbonyl (C=O) groups is 1. The molecule has 0 aliphatic heterocycles. The van der Waals surface area contributed by atoms with Gasteiger partial charge < -0.3 is 20.2 Å². The van der Waals surface area contributed by atoms with E-state index in [-0.39, 0.29) is 18.8 Å². The van der Waals surface area contributed by atoms with Crippen LogP contribution in [0.4, 0.5) is 5.69 Å². The maximum Gasteiger partial charge on any atom is 0.331 e. The van der Waals surface area contributed by atoms with Crippen molar-refractivity contribution < 1.29 is 4.79 Å². The van der Waals surface area contributed by atoms with E-state index in [2.05, 4.69) is 20.6 Å². The zero-order chi connectivity index (χ0) is 22.5. The van der Waals surface area contributed by atoms with E-state index >= 15 is 0 Å². The van der Waals surface area contributed by atoms with Crippen molar-refractivity contribution in [2.24, 2.45) is 7.05 Å². The summed E-state index contributed by atoms with van der Waals surface area (Å²) in [5, 5.41) is 6.77. The Morgan fingerprint density at radius 2 is 1.97 bits per heavy atom. The van der Waals surface area contributed by atoms with Crippen molar-refractivity contribution >= 4 is 22.5 Å². The number of pyridine rings is 1. The number of H-pyrrole nitrogens is 1. The van der Waals surface area contributed by atoms with E-state index in [9.17, 15) is 14.4 Å². The first kappa shape index (κ1) is 21.1. The Bertz CT molecular complexity index is 1320. The number of carbonyl (C=O) groups excluding carboxylic acids is 1. The van der Waals surface area contributed by atoms with Crippen molar-refractivity contribution in [2.75, 3.05) is 11.9 Å². The van der Waals surface area contributed by atoms with Gasteiger partial charge in [-0.3, -0.25) is 14.6 Å². The maximum atomic E-state index is 12.8. The van der Waals surface area contributed by atoms with Gasteiger partial charge in [-0.2, -0.15) is 0 Å². The average Bonchev–Trinajstić information content (AvgIpc) is 3.22. The first-order chi connectivity index (χ1) is 15.5. The maximum absolute atomic E-state index is 12.8. The molecule has 0 bridgehead atoms. The smallest absolute Gasteiger partial charge is 0.331 e. The van der Waals surface area contributed by atoms with Crippen LogP contribution >= 0.6 is 0 Å². The van der Waals surface area contributed by atoms with Gasteiger partial charge >= 0.3 is 5.69 Å². The van der Waals surface area contributed by atoms with Crippen LogP contribution < -0.4 is 21.9 Å². The van der Waals surface area contributed by atoms with Gasteiger partial charge in [0.2, 0.25) is 5.91 Å². The van der Waals surface area contributed by atoms with Gasteiger partial charge in [-0.25, -0.2) is 9.36 Å². The molecule has 3 aromatic heterocycles. The van der Waals surface area contributed by atoms with Crippen molar-refractivity contribution in [1.82, 2.24) is 24.4 Å². The quantitative estimate of drug-likeness (QED) is 0.389. The molecule has 0 spiro atoms. The lowest BCUT2D eigenvalue weighted by Gasteiger charge is -2.12. The number of fused-ring (bicyclic) bond motifs is 1. The summed E-state index contributed by atoms with van der Waals surface area (Å²) < 4.78 is 2.24. The molecule has 0 aliphatic carbocycles. The van der Waals surface area contributed by atoms with Gasteiger partial charge in [0.15, 0.2) is 0 Å². The lowest BCUT2D eigenvalue weighted by Crippen LogP contribution is -2.43. The Balaban J connectivity index is 1.42.